The Morgan fingerprint density at radius 2 is 1.96 bits per heavy atom. The highest BCUT2D eigenvalue weighted by Crippen LogP contribution is 2.27. The van der Waals surface area contributed by atoms with E-state index in [0.717, 1.165) is 17.6 Å². The summed E-state index contributed by atoms with van der Waals surface area (Å²) in [6, 6.07) is 8.28. The monoisotopic (exact) mass is 316 g/mol. The van der Waals surface area contributed by atoms with Crippen LogP contribution in [-0.4, -0.2) is 18.0 Å². The molecule has 1 heterocycles. The molecule has 0 aliphatic carbocycles. The third-order valence-corrected chi connectivity index (χ3v) is 3.60. The van der Waals surface area contributed by atoms with Crippen LogP contribution in [0.1, 0.15) is 16.1 Å². The minimum Gasteiger partial charge on any atom is -0.497 e. The van der Waals surface area contributed by atoms with Crippen molar-refractivity contribution in [3.8, 4) is 5.75 Å². The van der Waals surface area contributed by atoms with Crippen molar-refractivity contribution in [2.24, 2.45) is 0 Å². The molecule has 0 aliphatic rings. The Balaban J connectivity index is 1.99. The number of hydrogen-bond donors (Lipinski definition) is 2. The van der Waals surface area contributed by atoms with Gasteiger partial charge in [0, 0.05) is 23.2 Å². The van der Waals surface area contributed by atoms with E-state index in [1.165, 1.54) is 6.07 Å². The molecule has 2 aromatic carbocycles. The number of aryl methyl sites for hydroxylation is 1. The Morgan fingerprint density at radius 3 is 2.65 bits per heavy atom. The van der Waals surface area contributed by atoms with E-state index >= 15 is 0 Å². The third-order valence-electron chi connectivity index (χ3n) is 3.60. The van der Waals surface area contributed by atoms with Gasteiger partial charge in [-0.2, -0.15) is 0 Å². The van der Waals surface area contributed by atoms with Crippen molar-refractivity contribution in [1.29, 1.82) is 0 Å². The number of carbonyl (C=O) groups excluding carboxylic acids is 1. The molecular weight excluding hydrogens is 302 g/mol. The number of aromatic nitrogens is 1. The van der Waals surface area contributed by atoms with Gasteiger partial charge in [-0.05, 0) is 31.2 Å². The van der Waals surface area contributed by atoms with Gasteiger partial charge in [0.05, 0.1) is 23.9 Å². The number of H-pyrrole nitrogens is 1. The third kappa shape index (κ3) is 2.75. The lowest BCUT2D eigenvalue weighted by Crippen LogP contribution is -2.14. The predicted octanol–water partition coefficient (Wildman–Crippen LogP) is 4.02. The Hall–Kier alpha value is -2.89. The number of aromatic amines is 1. The van der Waals surface area contributed by atoms with Gasteiger partial charge in [-0.3, -0.25) is 4.79 Å². The highest BCUT2D eigenvalue weighted by Gasteiger charge is 2.18. The van der Waals surface area contributed by atoms with Gasteiger partial charge >= 0.3 is 0 Å². The fourth-order valence-electron chi connectivity index (χ4n) is 2.51. The zero-order valence-electron chi connectivity index (χ0n) is 12.5. The van der Waals surface area contributed by atoms with E-state index in [4.69, 9.17) is 4.74 Å². The largest absolute Gasteiger partial charge is 0.497 e. The molecule has 2 N–H and O–H groups in total. The van der Waals surface area contributed by atoms with Crippen molar-refractivity contribution in [2.45, 2.75) is 6.92 Å². The first kappa shape index (κ1) is 15.0. The second-order valence-corrected chi connectivity index (χ2v) is 5.11. The Morgan fingerprint density at radius 1 is 1.17 bits per heavy atom. The van der Waals surface area contributed by atoms with E-state index in [1.54, 1.807) is 32.2 Å². The summed E-state index contributed by atoms with van der Waals surface area (Å²) in [6.07, 6.45) is 0. The van der Waals surface area contributed by atoms with Crippen molar-refractivity contribution < 1.29 is 18.3 Å². The number of nitrogens with one attached hydrogen (secondary N) is 2. The van der Waals surface area contributed by atoms with Crippen LogP contribution in [-0.2, 0) is 0 Å². The van der Waals surface area contributed by atoms with Crippen LogP contribution in [0.5, 0.6) is 5.75 Å². The minimum atomic E-state index is -0.822. The summed E-state index contributed by atoms with van der Waals surface area (Å²) in [5.41, 5.74) is 1.73. The SMILES string of the molecule is COc1ccc2c(C(=O)Nc3ccc(F)cc3F)c(C)[nH]c2c1. The molecule has 118 valence electrons. The normalized spacial score (nSPS) is 10.8. The smallest absolute Gasteiger partial charge is 0.258 e. The number of ether oxygens (including phenoxy) is 1. The molecule has 3 aromatic rings. The molecular formula is C17H14F2N2O2. The Labute approximate surface area is 131 Å². The molecule has 1 aromatic heterocycles. The molecule has 0 atom stereocenters. The maximum Gasteiger partial charge on any atom is 0.258 e. The van der Waals surface area contributed by atoms with E-state index in [9.17, 15) is 13.6 Å². The lowest BCUT2D eigenvalue weighted by atomic mass is 10.1. The van der Waals surface area contributed by atoms with Crippen molar-refractivity contribution in [3.63, 3.8) is 0 Å². The van der Waals surface area contributed by atoms with Crippen LogP contribution in [0.4, 0.5) is 14.5 Å². The topological polar surface area (TPSA) is 54.1 Å². The van der Waals surface area contributed by atoms with Gasteiger partial charge in [0.15, 0.2) is 0 Å². The zero-order valence-corrected chi connectivity index (χ0v) is 12.5. The number of hydrogen-bond acceptors (Lipinski definition) is 2. The summed E-state index contributed by atoms with van der Waals surface area (Å²) in [5, 5.41) is 3.17. The minimum absolute atomic E-state index is 0.0707. The number of carbonyl (C=O) groups is 1. The molecule has 0 saturated heterocycles. The van der Waals surface area contributed by atoms with Crippen LogP contribution >= 0.6 is 0 Å². The first-order valence-corrected chi connectivity index (χ1v) is 6.92. The van der Waals surface area contributed by atoms with E-state index in [-0.39, 0.29) is 5.69 Å². The van der Waals surface area contributed by atoms with Crippen molar-refractivity contribution in [2.75, 3.05) is 12.4 Å². The number of methoxy groups -OCH3 is 1. The second kappa shape index (κ2) is 5.72. The van der Waals surface area contributed by atoms with Crippen molar-refractivity contribution >= 4 is 22.5 Å². The molecule has 0 bridgehead atoms. The van der Waals surface area contributed by atoms with E-state index in [1.807, 2.05) is 0 Å². The molecule has 0 aliphatic heterocycles. The van der Waals surface area contributed by atoms with Gasteiger partial charge in [0.1, 0.15) is 17.4 Å². The van der Waals surface area contributed by atoms with E-state index in [2.05, 4.69) is 10.3 Å². The van der Waals surface area contributed by atoms with Crippen LogP contribution in [0.3, 0.4) is 0 Å². The highest BCUT2D eigenvalue weighted by atomic mass is 19.1. The molecule has 3 rings (SSSR count). The second-order valence-electron chi connectivity index (χ2n) is 5.11. The molecule has 6 heteroatoms. The van der Waals surface area contributed by atoms with Gasteiger partial charge in [-0.1, -0.05) is 0 Å². The van der Waals surface area contributed by atoms with Gasteiger partial charge in [-0.15, -0.1) is 0 Å². The summed E-state index contributed by atoms with van der Waals surface area (Å²) in [7, 11) is 1.56. The zero-order chi connectivity index (χ0) is 16.6. The molecule has 0 fully saturated rings. The van der Waals surface area contributed by atoms with Crippen molar-refractivity contribution in [1.82, 2.24) is 4.98 Å². The number of benzene rings is 2. The average molecular weight is 316 g/mol. The Kier molecular flexibility index (Phi) is 3.73. The molecule has 1 amide bonds. The number of fused-ring (bicyclic) bond motifs is 1. The number of halogens is 2. The summed E-state index contributed by atoms with van der Waals surface area (Å²) < 4.78 is 31.8. The number of anilines is 1. The van der Waals surface area contributed by atoms with Crippen LogP contribution in [0.15, 0.2) is 36.4 Å². The van der Waals surface area contributed by atoms with E-state index in [0.29, 0.717) is 22.4 Å². The van der Waals surface area contributed by atoms with Crippen LogP contribution < -0.4 is 10.1 Å². The summed E-state index contributed by atoms with van der Waals surface area (Å²) in [6.45, 7) is 1.75. The fraction of sp³-hybridized carbons (Fsp3) is 0.118. The highest BCUT2D eigenvalue weighted by molar-refractivity contribution is 6.14. The van der Waals surface area contributed by atoms with Gasteiger partial charge < -0.3 is 15.0 Å². The number of rotatable bonds is 3. The maximum atomic E-state index is 13.7. The summed E-state index contributed by atoms with van der Waals surface area (Å²) >= 11 is 0. The molecule has 0 saturated carbocycles. The van der Waals surface area contributed by atoms with Gasteiger partial charge in [-0.25, -0.2) is 8.78 Å². The quantitative estimate of drug-likeness (QED) is 0.767. The molecule has 23 heavy (non-hydrogen) atoms. The molecule has 0 unspecified atom stereocenters. The molecule has 0 spiro atoms. The van der Waals surface area contributed by atoms with E-state index < -0.39 is 17.5 Å². The first-order chi connectivity index (χ1) is 11.0. The summed E-state index contributed by atoms with van der Waals surface area (Å²) in [4.78, 5) is 15.6. The average Bonchev–Trinajstić information content (AvgIpc) is 2.84. The number of amides is 1. The first-order valence-electron chi connectivity index (χ1n) is 6.92. The van der Waals surface area contributed by atoms with Crippen LogP contribution in [0, 0.1) is 18.6 Å². The van der Waals surface area contributed by atoms with Crippen LogP contribution in [0.25, 0.3) is 10.9 Å². The Bertz CT molecular complexity index is 903. The maximum absolute atomic E-state index is 13.7. The van der Waals surface area contributed by atoms with Gasteiger partial charge in [0.25, 0.3) is 5.91 Å². The lowest BCUT2D eigenvalue weighted by molar-refractivity contribution is 0.102. The molecule has 4 nitrogen and oxygen atoms in total. The van der Waals surface area contributed by atoms with Crippen molar-refractivity contribution in [3.05, 3.63) is 59.3 Å². The lowest BCUT2D eigenvalue weighted by Gasteiger charge is -2.07. The summed E-state index contributed by atoms with van der Waals surface area (Å²) in [5.74, 6) is -1.33. The molecule has 0 radical (unpaired) electrons. The fourth-order valence-corrected chi connectivity index (χ4v) is 2.51. The predicted molar refractivity (Wildman–Crippen MR) is 83.9 cm³/mol. The van der Waals surface area contributed by atoms with Gasteiger partial charge in [0.2, 0.25) is 0 Å². The standard InChI is InChI=1S/C17H14F2N2O2/c1-9-16(12-5-4-11(23-2)8-15(12)20-9)17(22)21-14-6-3-10(18)7-13(14)19/h3-8,20H,1-2H3,(H,21,22). The van der Waals surface area contributed by atoms with Crippen LogP contribution in [0.2, 0.25) is 0 Å².